The molecule has 3 amide bonds. The van der Waals surface area contributed by atoms with Crippen LogP contribution in [0.5, 0.6) is 5.75 Å². The number of carbonyl (C=O) groups excluding carboxylic acids is 3. The molecule has 0 aliphatic carbocycles. The number of methoxy groups -OCH3 is 1. The lowest BCUT2D eigenvalue weighted by Crippen LogP contribution is -2.47. The number of carbonyl (C=O) groups is 3. The van der Waals surface area contributed by atoms with Crippen molar-refractivity contribution in [3.63, 3.8) is 0 Å². The number of thiophene rings is 1. The molecule has 2 aliphatic rings. The molecule has 0 unspecified atom stereocenters. The highest BCUT2D eigenvalue weighted by Crippen LogP contribution is 2.50. The Bertz CT molecular complexity index is 1360. The van der Waals surface area contributed by atoms with Crippen molar-refractivity contribution in [2.45, 2.75) is 35.8 Å². The summed E-state index contributed by atoms with van der Waals surface area (Å²) in [6.07, 6.45) is 1.87. The number of urea groups is 1. The van der Waals surface area contributed by atoms with Crippen LogP contribution in [-0.2, 0) is 0 Å². The Morgan fingerprint density at radius 1 is 1.19 bits per heavy atom. The normalized spacial score (nSPS) is 16.6. The van der Waals surface area contributed by atoms with Gasteiger partial charge in [-0.3, -0.25) is 14.9 Å². The fourth-order valence-corrected chi connectivity index (χ4v) is 7.58. The van der Waals surface area contributed by atoms with Gasteiger partial charge in [-0.2, -0.15) is 0 Å². The van der Waals surface area contributed by atoms with Gasteiger partial charge >= 0.3 is 6.03 Å². The van der Waals surface area contributed by atoms with E-state index in [1.165, 1.54) is 11.3 Å². The van der Waals surface area contributed by atoms with Crippen LogP contribution in [0.1, 0.15) is 46.9 Å². The topological polar surface area (TPSA) is 114 Å². The zero-order valence-electron chi connectivity index (χ0n) is 20.2. The van der Waals surface area contributed by atoms with E-state index in [9.17, 15) is 14.4 Å². The second kappa shape index (κ2) is 9.67. The minimum Gasteiger partial charge on any atom is -0.495 e. The number of nitrogen functional groups attached to an aromatic ring is 1. The molecular weight excluding hydrogens is 496 g/mol. The fraction of sp³-hybridized carbons (Fsp3) is 0.346. The number of nitrogens with zero attached hydrogens (tertiary/aromatic N) is 1. The highest BCUT2D eigenvalue weighted by atomic mass is 32.2. The van der Waals surface area contributed by atoms with Gasteiger partial charge in [0.25, 0.3) is 5.91 Å². The first-order valence-electron chi connectivity index (χ1n) is 11.9. The largest absolute Gasteiger partial charge is 0.495 e. The number of amides is 3. The van der Waals surface area contributed by atoms with Gasteiger partial charge in [-0.25, -0.2) is 4.79 Å². The first kappa shape index (κ1) is 24.5. The molecule has 0 saturated carbocycles. The number of hydrogen-bond donors (Lipinski definition) is 3. The molecule has 0 atom stereocenters. The van der Waals surface area contributed by atoms with E-state index >= 15 is 0 Å². The summed E-state index contributed by atoms with van der Waals surface area (Å²) in [6.45, 7) is 3.38. The van der Waals surface area contributed by atoms with Crippen LogP contribution < -0.4 is 21.1 Å². The van der Waals surface area contributed by atoms with Crippen molar-refractivity contribution in [3.8, 4) is 5.75 Å². The first-order valence-corrected chi connectivity index (χ1v) is 13.5. The Hall–Kier alpha value is -3.24. The van der Waals surface area contributed by atoms with Crippen molar-refractivity contribution in [2.75, 3.05) is 37.8 Å². The summed E-state index contributed by atoms with van der Waals surface area (Å²) in [7, 11) is 1.59. The fourth-order valence-electron chi connectivity index (χ4n) is 4.93. The number of ketones is 1. The Kier molecular flexibility index (Phi) is 6.57. The number of Topliss-reactive ketones (excluding diaryl/α,β-unsaturated/α-hetero) is 1. The number of fused-ring (bicyclic) bond motifs is 2. The molecule has 1 saturated heterocycles. The van der Waals surface area contributed by atoms with Crippen LogP contribution in [0, 0.1) is 0 Å². The van der Waals surface area contributed by atoms with Gasteiger partial charge in [0.15, 0.2) is 5.78 Å². The molecule has 2 aliphatic heterocycles. The molecular formula is C26H28N4O4S2. The molecule has 10 heteroatoms. The van der Waals surface area contributed by atoms with Crippen LogP contribution in [0.15, 0.2) is 41.3 Å². The maximum atomic E-state index is 13.8. The van der Waals surface area contributed by atoms with Crippen molar-refractivity contribution in [1.82, 2.24) is 10.2 Å². The van der Waals surface area contributed by atoms with Crippen LogP contribution >= 0.6 is 23.1 Å². The molecule has 5 rings (SSSR count). The number of piperidine rings is 1. The Labute approximate surface area is 217 Å². The summed E-state index contributed by atoms with van der Waals surface area (Å²) in [4.78, 5) is 41.9. The maximum absolute atomic E-state index is 13.8. The van der Waals surface area contributed by atoms with Gasteiger partial charge in [0, 0.05) is 52.3 Å². The van der Waals surface area contributed by atoms with Crippen LogP contribution in [0.25, 0.3) is 10.1 Å². The van der Waals surface area contributed by atoms with E-state index in [4.69, 9.17) is 10.5 Å². The van der Waals surface area contributed by atoms with Crippen LogP contribution in [-0.4, -0.2) is 54.1 Å². The highest BCUT2D eigenvalue weighted by molar-refractivity contribution is 8.01. The molecule has 3 aromatic rings. The molecule has 2 aromatic carbocycles. The van der Waals surface area contributed by atoms with E-state index in [1.807, 2.05) is 42.2 Å². The third-order valence-corrected chi connectivity index (χ3v) is 9.45. The predicted molar refractivity (Wildman–Crippen MR) is 145 cm³/mol. The lowest BCUT2D eigenvalue weighted by Gasteiger charge is -2.43. The average Bonchev–Trinajstić information content (AvgIpc) is 3.22. The van der Waals surface area contributed by atoms with Gasteiger partial charge in [-0.1, -0.05) is 12.1 Å². The quantitative estimate of drug-likeness (QED) is 0.415. The summed E-state index contributed by atoms with van der Waals surface area (Å²) in [5.41, 5.74) is 7.65. The summed E-state index contributed by atoms with van der Waals surface area (Å²) in [5, 5.41) is 6.84. The van der Waals surface area contributed by atoms with Crippen molar-refractivity contribution in [1.29, 1.82) is 0 Å². The molecule has 4 N–H and O–H groups in total. The summed E-state index contributed by atoms with van der Waals surface area (Å²) in [5.74, 6) is 0.640. The Balaban J connectivity index is 1.40. The Morgan fingerprint density at radius 3 is 2.69 bits per heavy atom. The number of ether oxygens (including phenoxy) is 1. The predicted octanol–water partition coefficient (Wildman–Crippen LogP) is 4.99. The molecule has 1 fully saturated rings. The van der Waals surface area contributed by atoms with Crippen LogP contribution in [0.2, 0.25) is 0 Å². The number of thioether (sulfide) groups is 1. The van der Waals surface area contributed by atoms with E-state index in [0.717, 1.165) is 15.0 Å². The van der Waals surface area contributed by atoms with Gasteiger partial charge in [0.05, 0.1) is 17.4 Å². The number of nitrogens with two attached hydrogens (primary N) is 1. The number of rotatable bonds is 4. The second-order valence-electron chi connectivity index (χ2n) is 9.06. The summed E-state index contributed by atoms with van der Waals surface area (Å²) >= 11 is 3.07. The van der Waals surface area contributed by atoms with Crippen molar-refractivity contribution >= 4 is 61.6 Å². The number of hydrogen-bond acceptors (Lipinski definition) is 7. The van der Waals surface area contributed by atoms with Gasteiger partial charge in [-0.15, -0.1) is 23.1 Å². The number of likely N-dealkylation sites (tertiary alicyclic amines) is 1. The van der Waals surface area contributed by atoms with Gasteiger partial charge < -0.3 is 20.7 Å². The van der Waals surface area contributed by atoms with Crippen LogP contribution in [0.4, 0.5) is 15.5 Å². The van der Waals surface area contributed by atoms with Crippen molar-refractivity contribution < 1.29 is 19.1 Å². The number of nitrogens with one attached hydrogen (secondary N) is 2. The number of anilines is 2. The zero-order chi connectivity index (χ0) is 25.4. The number of benzene rings is 2. The van der Waals surface area contributed by atoms with Crippen LogP contribution in [0.3, 0.4) is 0 Å². The lowest BCUT2D eigenvalue weighted by atomic mass is 9.87. The monoisotopic (exact) mass is 524 g/mol. The van der Waals surface area contributed by atoms with Crippen molar-refractivity contribution in [2.24, 2.45) is 0 Å². The molecule has 1 aromatic heterocycles. The second-order valence-corrected chi connectivity index (χ2v) is 11.6. The molecule has 0 radical (unpaired) electrons. The van der Waals surface area contributed by atoms with E-state index in [2.05, 4.69) is 10.6 Å². The minimum absolute atomic E-state index is 0.111. The van der Waals surface area contributed by atoms with E-state index in [0.29, 0.717) is 66.5 Å². The lowest BCUT2D eigenvalue weighted by molar-refractivity contribution is 0.0699. The van der Waals surface area contributed by atoms with E-state index < -0.39 is 0 Å². The highest BCUT2D eigenvalue weighted by Gasteiger charge is 2.43. The van der Waals surface area contributed by atoms with Gasteiger partial charge in [0.1, 0.15) is 10.8 Å². The molecule has 1 spiro atoms. The summed E-state index contributed by atoms with van der Waals surface area (Å²) in [6, 6.07) is 10.7. The molecule has 8 nitrogen and oxygen atoms in total. The molecule has 0 bridgehead atoms. The van der Waals surface area contributed by atoms with Gasteiger partial charge in [-0.05, 0) is 44.0 Å². The SMILES string of the molecule is CCNC(=O)Nc1sc2c(OC)cccc2c1C(=O)N1CCC2(CC1)CC(=O)c1cc(N)ccc1S2. The average molecular weight is 525 g/mol. The first-order chi connectivity index (χ1) is 17.3. The minimum atomic E-state index is -0.355. The van der Waals surface area contributed by atoms with Gasteiger partial charge in [0.2, 0.25) is 0 Å². The molecule has 36 heavy (non-hydrogen) atoms. The molecule has 188 valence electrons. The zero-order valence-corrected chi connectivity index (χ0v) is 21.8. The third-order valence-electron chi connectivity index (χ3n) is 6.75. The third kappa shape index (κ3) is 4.39. The standard InChI is InChI=1S/C26H28N4O4S2/c1-3-28-25(33)29-23-21(16-5-4-6-19(34-2)22(16)35-23)24(32)30-11-9-26(10-12-30)14-18(31)17-13-15(27)7-8-20(17)36-26/h4-8,13H,3,9-12,14,27H2,1-2H3,(H2,28,29,33). The molecule has 3 heterocycles. The van der Waals surface area contributed by atoms with E-state index in [-0.39, 0.29) is 22.5 Å². The van der Waals surface area contributed by atoms with E-state index in [1.54, 1.807) is 24.9 Å². The Morgan fingerprint density at radius 2 is 1.97 bits per heavy atom. The smallest absolute Gasteiger partial charge is 0.319 e. The summed E-state index contributed by atoms with van der Waals surface area (Å²) < 4.78 is 6.10. The maximum Gasteiger partial charge on any atom is 0.319 e. The van der Waals surface area contributed by atoms with Crippen molar-refractivity contribution in [3.05, 3.63) is 47.5 Å².